The second-order valence-corrected chi connectivity index (χ2v) is 6.58. The molecule has 2 fully saturated rings. The predicted molar refractivity (Wildman–Crippen MR) is 83.5 cm³/mol. The molecule has 20 heavy (non-hydrogen) atoms. The summed E-state index contributed by atoms with van der Waals surface area (Å²) in [5, 5.41) is 4.39. The van der Waals surface area contributed by atoms with Gasteiger partial charge in [0.05, 0.1) is 5.02 Å². The Hall–Kier alpha value is -0.730. The average molecular weight is 294 g/mol. The minimum Gasteiger partial charge on any atom is -0.488 e. The van der Waals surface area contributed by atoms with Gasteiger partial charge in [0.2, 0.25) is 0 Å². The van der Waals surface area contributed by atoms with Crippen LogP contribution in [0.4, 0.5) is 0 Å². The van der Waals surface area contributed by atoms with Crippen molar-refractivity contribution in [2.24, 2.45) is 5.41 Å². The van der Waals surface area contributed by atoms with Gasteiger partial charge in [-0.25, -0.2) is 0 Å². The fourth-order valence-corrected chi connectivity index (χ4v) is 4.20. The largest absolute Gasteiger partial charge is 0.488 e. The Bertz CT molecular complexity index is 456. The highest BCUT2D eigenvalue weighted by Gasteiger charge is 2.56. The first kappa shape index (κ1) is 14.2. The summed E-state index contributed by atoms with van der Waals surface area (Å²) >= 11 is 6.23. The lowest BCUT2D eigenvalue weighted by atomic mass is 9.55. The van der Waals surface area contributed by atoms with Crippen molar-refractivity contribution in [3.8, 4) is 5.75 Å². The van der Waals surface area contributed by atoms with Crippen LogP contribution in [0.1, 0.15) is 45.4 Å². The molecule has 2 atom stereocenters. The van der Waals surface area contributed by atoms with Gasteiger partial charge >= 0.3 is 0 Å². The molecule has 0 radical (unpaired) electrons. The molecule has 0 amide bonds. The second kappa shape index (κ2) is 5.95. The van der Waals surface area contributed by atoms with Gasteiger partial charge < -0.3 is 10.1 Å². The van der Waals surface area contributed by atoms with Gasteiger partial charge in [-0.05, 0) is 31.5 Å². The van der Waals surface area contributed by atoms with E-state index in [0.717, 1.165) is 23.7 Å². The average Bonchev–Trinajstić information content (AvgIpc) is 2.49. The van der Waals surface area contributed by atoms with Crippen LogP contribution in [0.5, 0.6) is 5.75 Å². The van der Waals surface area contributed by atoms with Gasteiger partial charge in [0, 0.05) is 17.9 Å². The number of benzene rings is 1. The lowest BCUT2D eigenvalue weighted by molar-refractivity contribution is -0.102. The molecule has 0 bridgehead atoms. The van der Waals surface area contributed by atoms with Gasteiger partial charge in [-0.3, -0.25) is 0 Å². The van der Waals surface area contributed by atoms with Gasteiger partial charge in [0.15, 0.2) is 0 Å². The molecule has 2 saturated carbocycles. The highest BCUT2D eigenvalue weighted by Crippen LogP contribution is 2.53. The van der Waals surface area contributed by atoms with Gasteiger partial charge in [-0.15, -0.1) is 0 Å². The molecule has 0 saturated heterocycles. The van der Waals surface area contributed by atoms with Crippen LogP contribution in [0.25, 0.3) is 0 Å². The van der Waals surface area contributed by atoms with Crippen molar-refractivity contribution in [3.63, 3.8) is 0 Å². The fourth-order valence-electron chi connectivity index (χ4n) is 4.02. The molecule has 3 rings (SSSR count). The highest BCUT2D eigenvalue weighted by molar-refractivity contribution is 6.32. The summed E-state index contributed by atoms with van der Waals surface area (Å²) < 4.78 is 6.28. The third-order valence-electron chi connectivity index (χ3n) is 5.13. The minimum absolute atomic E-state index is 0.326. The molecular formula is C17H24ClNO. The Balaban J connectivity index is 1.75. The third-order valence-corrected chi connectivity index (χ3v) is 5.44. The van der Waals surface area contributed by atoms with Gasteiger partial charge in [0.25, 0.3) is 0 Å². The summed E-state index contributed by atoms with van der Waals surface area (Å²) in [5.74, 6) is 0.846. The van der Waals surface area contributed by atoms with E-state index in [1.165, 1.54) is 32.1 Å². The molecule has 2 nitrogen and oxygen atoms in total. The number of ether oxygens (including phenoxy) is 1. The first-order chi connectivity index (χ1) is 9.76. The summed E-state index contributed by atoms with van der Waals surface area (Å²) in [6.07, 6.45) is 8.07. The topological polar surface area (TPSA) is 21.3 Å². The zero-order chi connectivity index (χ0) is 14.0. The lowest BCUT2D eigenvalue weighted by Crippen LogP contribution is -2.65. The van der Waals surface area contributed by atoms with Crippen LogP contribution in [0.2, 0.25) is 5.02 Å². The van der Waals surface area contributed by atoms with E-state index in [1.807, 2.05) is 24.3 Å². The lowest BCUT2D eigenvalue weighted by Gasteiger charge is -2.57. The molecule has 0 heterocycles. The molecule has 3 heteroatoms. The maximum atomic E-state index is 6.28. The highest BCUT2D eigenvalue weighted by atomic mass is 35.5. The molecule has 2 unspecified atom stereocenters. The molecule has 110 valence electrons. The molecule has 0 aromatic heterocycles. The number of hydrogen-bond acceptors (Lipinski definition) is 2. The maximum absolute atomic E-state index is 6.28. The monoisotopic (exact) mass is 293 g/mol. The first-order valence-electron chi connectivity index (χ1n) is 7.91. The standard InChI is InChI=1S/C17H24ClNO/c1-2-19-15-12-16(17(15)10-6-3-7-11-17)20-14-9-5-4-8-13(14)18/h4-5,8-9,15-16,19H,2-3,6-7,10-12H2,1H3. The minimum atomic E-state index is 0.326. The predicted octanol–water partition coefficient (Wildman–Crippen LogP) is 4.42. The summed E-state index contributed by atoms with van der Waals surface area (Å²) in [6.45, 7) is 3.24. The Kier molecular flexibility index (Phi) is 4.23. The van der Waals surface area contributed by atoms with Crippen molar-refractivity contribution >= 4 is 11.6 Å². The number of halogens is 1. The Morgan fingerprint density at radius 3 is 2.70 bits per heavy atom. The van der Waals surface area contributed by atoms with Crippen LogP contribution in [0.15, 0.2) is 24.3 Å². The van der Waals surface area contributed by atoms with Crippen LogP contribution in [0, 0.1) is 5.41 Å². The number of para-hydroxylation sites is 1. The Labute approximate surface area is 126 Å². The number of hydrogen-bond donors (Lipinski definition) is 1. The zero-order valence-electron chi connectivity index (χ0n) is 12.2. The number of rotatable bonds is 4. The molecule has 1 aromatic carbocycles. The van der Waals surface area contributed by atoms with E-state index in [4.69, 9.17) is 16.3 Å². The fraction of sp³-hybridized carbons (Fsp3) is 0.647. The molecular weight excluding hydrogens is 270 g/mol. The van der Waals surface area contributed by atoms with Gasteiger partial charge in [0.1, 0.15) is 11.9 Å². The molecule has 1 N–H and O–H groups in total. The summed E-state index contributed by atoms with van der Waals surface area (Å²) in [5.41, 5.74) is 0.341. The number of nitrogens with one attached hydrogen (secondary N) is 1. The smallest absolute Gasteiger partial charge is 0.138 e. The quantitative estimate of drug-likeness (QED) is 0.887. The van der Waals surface area contributed by atoms with Crippen molar-refractivity contribution < 1.29 is 4.74 Å². The van der Waals surface area contributed by atoms with Crippen molar-refractivity contribution in [1.82, 2.24) is 5.32 Å². The van der Waals surface area contributed by atoms with Crippen molar-refractivity contribution in [2.75, 3.05) is 6.54 Å². The van der Waals surface area contributed by atoms with E-state index in [2.05, 4.69) is 12.2 Å². The normalized spacial score (nSPS) is 28.1. The molecule has 1 spiro atoms. The summed E-state index contributed by atoms with van der Waals surface area (Å²) in [4.78, 5) is 0. The third kappa shape index (κ3) is 2.44. The van der Waals surface area contributed by atoms with Crippen molar-refractivity contribution in [1.29, 1.82) is 0 Å². The van der Waals surface area contributed by atoms with E-state index in [0.29, 0.717) is 17.6 Å². The summed E-state index contributed by atoms with van der Waals surface area (Å²) in [6, 6.07) is 8.47. The van der Waals surface area contributed by atoms with Crippen LogP contribution in [-0.4, -0.2) is 18.7 Å². The molecule has 1 aromatic rings. The van der Waals surface area contributed by atoms with Gasteiger partial charge in [-0.1, -0.05) is 49.9 Å². The van der Waals surface area contributed by atoms with Crippen LogP contribution in [0.3, 0.4) is 0 Å². The summed E-state index contributed by atoms with van der Waals surface area (Å²) in [7, 11) is 0. The van der Waals surface area contributed by atoms with Crippen LogP contribution < -0.4 is 10.1 Å². The van der Waals surface area contributed by atoms with E-state index >= 15 is 0 Å². The zero-order valence-corrected chi connectivity index (χ0v) is 13.0. The van der Waals surface area contributed by atoms with E-state index in [9.17, 15) is 0 Å². The molecule has 2 aliphatic carbocycles. The Morgan fingerprint density at radius 2 is 2.00 bits per heavy atom. The van der Waals surface area contributed by atoms with Gasteiger partial charge in [-0.2, -0.15) is 0 Å². The van der Waals surface area contributed by atoms with E-state index in [1.54, 1.807) is 0 Å². The van der Waals surface area contributed by atoms with E-state index < -0.39 is 0 Å². The van der Waals surface area contributed by atoms with Crippen molar-refractivity contribution in [3.05, 3.63) is 29.3 Å². The molecule has 2 aliphatic rings. The Morgan fingerprint density at radius 1 is 1.25 bits per heavy atom. The maximum Gasteiger partial charge on any atom is 0.138 e. The van der Waals surface area contributed by atoms with Crippen molar-refractivity contribution in [2.45, 2.75) is 57.6 Å². The molecule has 0 aliphatic heterocycles. The SMILES string of the molecule is CCNC1CC(Oc2ccccc2Cl)C12CCCCC2. The van der Waals surface area contributed by atoms with Crippen LogP contribution >= 0.6 is 11.6 Å². The van der Waals surface area contributed by atoms with Crippen LogP contribution in [-0.2, 0) is 0 Å². The second-order valence-electron chi connectivity index (χ2n) is 6.18. The van der Waals surface area contributed by atoms with E-state index in [-0.39, 0.29) is 0 Å². The first-order valence-corrected chi connectivity index (χ1v) is 8.28.